The number of benzene rings is 2. The Morgan fingerprint density at radius 1 is 1.14 bits per heavy atom. The van der Waals surface area contributed by atoms with Crippen LogP contribution in [-0.4, -0.2) is 58.1 Å². The molecule has 3 rings (SSSR count). The predicted molar refractivity (Wildman–Crippen MR) is 111 cm³/mol. The first-order valence-electron chi connectivity index (χ1n) is 9.55. The van der Waals surface area contributed by atoms with Gasteiger partial charge in [-0.3, -0.25) is 0 Å². The van der Waals surface area contributed by atoms with Gasteiger partial charge in [-0.25, -0.2) is 13.2 Å². The summed E-state index contributed by atoms with van der Waals surface area (Å²) in [5.74, 6) is 0.309. The molecule has 0 spiro atoms. The van der Waals surface area contributed by atoms with Crippen LogP contribution in [0.5, 0.6) is 5.75 Å². The van der Waals surface area contributed by atoms with Crippen molar-refractivity contribution in [3.63, 3.8) is 0 Å². The van der Waals surface area contributed by atoms with Gasteiger partial charge >= 0.3 is 5.97 Å². The normalized spacial score (nSPS) is 17.8. The number of sulfonamides is 1. The standard InChI is InChI=1S/C21H26N2O5S/c1-4-28-21(24)17-8-10-20(11-9-17)29(25,26)22-12-13-23(16(2)15-22)18-6-5-7-19(14-18)27-3/h5-11,14,16H,4,12-13,15H2,1-3H3. The fourth-order valence-corrected chi connectivity index (χ4v) is 4.95. The van der Waals surface area contributed by atoms with Gasteiger partial charge in [0, 0.05) is 37.4 Å². The van der Waals surface area contributed by atoms with Crippen molar-refractivity contribution in [2.24, 2.45) is 0 Å². The maximum atomic E-state index is 13.1. The van der Waals surface area contributed by atoms with E-state index in [-0.39, 0.29) is 17.5 Å². The zero-order valence-electron chi connectivity index (χ0n) is 16.9. The van der Waals surface area contributed by atoms with Crippen molar-refractivity contribution in [1.29, 1.82) is 0 Å². The molecule has 2 aromatic rings. The molecule has 0 aliphatic carbocycles. The molecule has 0 N–H and O–H groups in total. The first-order chi connectivity index (χ1) is 13.9. The molecule has 0 radical (unpaired) electrons. The van der Waals surface area contributed by atoms with Crippen LogP contribution in [0.2, 0.25) is 0 Å². The molecule has 1 aliphatic rings. The quantitative estimate of drug-likeness (QED) is 0.672. The lowest BCUT2D eigenvalue weighted by Gasteiger charge is -2.40. The summed E-state index contributed by atoms with van der Waals surface area (Å²) in [4.78, 5) is 14.1. The van der Waals surface area contributed by atoms with E-state index in [4.69, 9.17) is 9.47 Å². The summed E-state index contributed by atoms with van der Waals surface area (Å²) in [5.41, 5.74) is 1.34. The summed E-state index contributed by atoms with van der Waals surface area (Å²) < 4.78 is 37.8. The molecule has 0 aromatic heterocycles. The van der Waals surface area contributed by atoms with Crippen molar-refractivity contribution in [2.45, 2.75) is 24.8 Å². The van der Waals surface area contributed by atoms with E-state index in [9.17, 15) is 13.2 Å². The fraction of sp³-hybridized carbons (Fsp3) is 0.381. The number of hydrogen-bond donors (Lipinski definition) is 0. The van der Waals surface area contributed by atoms with Gasteiger partial charge < -0.3 is 14.4 Å². The lowest BCUT2D eigenvalue weighted by Crippen LogP contribution is -2.53. The first-order valence-corrected chi connectivity index (χ1v) is 11.0. The van der Waals surface area contributed by atoms with Crippen molar-refractivity contribution in [3.05, 3.63) is 54.1 Å². The van der Waals surface area contributed by atoms with E-state index in [1.54, 1.807) is 14.0 Å². The van der Waals surface area contributed by atoms with Gasteiger partial charge in [-0.05, 0) is 50.2 Å². The second kappa shape index (κ2) is 8.84. The van der Waals surface area contributed by atoms with Gasteiger partial charge in [-0.2, -0.15) is 4.31 Å². The lowest BCUT2D eigenvalue weighted by atomic mass is 10.1. The Bertz CT molecular complexity index is 959. The minimum Gasteiger partial charge on any atom is -0.497 e. The largest absolute Gasteiger partial charge is 0.497 e. The predicted octanol–water partition coefficient (Wildman–Crippen LogP) is 2.77. The monoisotopic (exact) mass is 418 g/mol. The van der Waals surface area contributed by atoms with Gasteiger partial charge in [0.15, 0.2) is 0 Å². The zero-order chi connectivity index (χ0) is 21.0. The molecule has 1 fully saturated rings. The average Bonchev–Trinajstić information content (AvgIpc) is 2.74. The third-order valence-electron chi connectivity index (χ3n) is 4.98. The molecule has 29 heavy (non-hydrogen) atoms. The van der Waals surface area contributed by atoms with E-state index >= 15 is 0 Å². The zero-order valence-corrected chi connectivity index (χ0v) is 17.7. The van der Waals surface area contributed by atoms with E-state index in [1.807, 2.05) is 31.2 Å². The lowest BCUT2D eigenvalue weighted by molar-refractivity contribution is 0.0526. The number of piperazine rings is 1. The van der Waals surface area contributed by atoms with E-state index in [0.29, 0.717) is 25.2 Å². The Morgan fingerprint density at radius 3 is 2.48 bits per heavy atom. The van der Waals surface area contributed by atoms with Crippen LogP contribution in [0.3, 0.4) is 0 Å². The van der Waals surface area contributed by atoms with Crippen molar-refractivity contribution in [3.8, 4) is 5.75 Å². The smallest absolute Gasteiger partial charge is 0.338 e. The summed E-state index contributed by atoms with van der Waals surface area (Å²) in [7, 11) is -2.01. The van der Waals surface area contributed by atoms with Gasteiger partial charge in [0.1, 0.15) is 5.75 Å². The van der Waals surface area contributed by atoms with E-state index in [0.717, 1.165) is 11.4 Å². The highest BCUT2D eigenvalue weighted by Crippen LogP contribution is 2.27. The molecule has 1 aliphatic heterocycles. The SMILES string of the molecule is CCOC(=O)c1ccc(S(=O)(=O)N2CCN(c3cccc(OC)c3)C(C)C2)cc1. The van der Waals surface area contributed by atoms with Crippen LogP contribution in [0, 0.1) is 0 Å². The summed E-state index contributed by atoms with van der Waals surface area (Å²) in [6.07, 6.45) is 0. The van der Waals surface area contributed by atoms with Crippen molar-refractivity contribution >= 4 is 21.7 Å². The molecular formula is C21H26N2O5S. The second-order valence-electron chi connectivity index (χ2n) is 6.85. The van der Waals surface area contributed by atoms with Gasteiger partial charge in [0.25, 0.3) is 0 Å². The highest BCUT2D eigenvalue weighted by molar-refractivity contribution is 7.89. The third-order valence-corrected chi connectivity index (χ3v) is 6.86. The number of nitrogens with zero attached hydrogens (tertiary/aromatic N) is 2. The Balaban J connectivity index is 1.73. The highest BCUT2D eigenvalue weighted by atomic mass is 32.2. The molecule has 2 aromatic carbocycles. The number of rotatable bonds is 6. The van der Waals surface area contributed by atoms with Crippen molar-refractivity contribution in [2.75, 3.05) is 38.3 Å². The summed E-state index contributed by atoms with van der Waals surface area (Å²) in [6, 6.07) is 13.7. The number of ether oxygens (including phenoxy) is 2. The van der Waals surface area contributed by atoms with Crippen LogP contribution in [-0.2, 0) is 14.8 Å². The Hall–Kier alpha value is -2.58. The Labute approximate surface area is 171 Å². The number of esters is 1. The van der Waals surface area contributed by atoms with Crippen LogP contribution in [0.4, 0.5) is 5.69 Å². The number of hydrogen-bond acceptors (Lipinski definition) is 6. The van der Waals surface area contributed by atoms with E-state index in [1.165, 1.54) is 28.6 Å². The molecule has 7 nitrogen and oxygen atoms in total. The molecule has 0 bridgehead atoms. The van der Waals surface area contributed by atoms with Gasteiger partial charge in [-0.15, -0.1) is 0 Å². The first kappa shape index (κ1) is 21.1. The number of carbonyl (C=O) groups excluding carboxylic acids is 1. The molecule has 1 atom stereocenters. The number of methoxy groups -OCH3 is 1. The summed E-state index contributed by atoms with van der Waals surface area (Å²) in [6.45, 7) is 5.33. The van der Waals surface area contributed by atoms with E-state index in [2.05, 4.69) is 4.90 Å². The molecule has 1 unspecified atom stereocenters. The topological polar surface area (TPSA) is 76.2 Å². The maximum absolute atomic E-state index is 13.1. The minimum absolute atomic E-state index is 0.00411. The van der Waals surface area contributed by atoms with E-state index < -0.39 is 16.0 Å². The van der Waals surface area contributed by atoms with Crippen molar-refractivity contribution in [1.82, 2.24) is 4.31 Å². The summed E-state index contributed by atoms with van der Waals surface area (Å²) >= 11 is 0. The van der Waals surface area contributed by atoms with Gasteiger partial charge in [0.2, 0.25) is 10.0 Å². The molecule has 8 heteroatoms. The second-order valence-corrected chi connectivity index (χ2v) is 8.79. The fourth-order valence-electron chi connectivity index (χ4n) is 3.44. The molecule has 1 heterocycles. The molecule has 0 amide bonds. The van der Waals surface area contributed by atoms with Crippen LogP contribution >= 0.6 is 0 Å². The maximum Gasteiger partial charge on any atom is 0.338 e. The van der Waals surface area contributed by atoms with Crippen LogP contribution in [0.1, 0.15) is 24.2 Å². The number of carbonyl (C=O) groups is 1. The minimum atomic E-state index is -3.64. The highest BCUT2D eigenvalue weighted by Gasteiger charge is 2.32. The molecule has 156 valence electrons. The van der Waals surface area contributed by atoms with Gasteiger partial charge in [-0.1, -0.05) is 6.07 Å². The number of anilines is 1. The molecular weight excluding hydrogens is 392 g/mol. The Kier molecular flexibility index (Phi) is 6.44. The van der Waals surface area contributed by atoms with Crippen LogP contribution in [0.15, 0.2) is 53.4 Å². The molecule has 1 saturated heterocycles. The van der Waals surface area contributed by atoms with Gasteiger partial charge in [0.05, 0.1) is 24.2 Å². The molecule has 0 saturated carbocycles. The average molecular weight is 419 g/mol. The van der Waals surface area contributed by atoms with Crippen molar-refractivity contribution < 1.29 is 22.7 Å². The van der Waals surface area contributed by atoms with Crippen LogP contribution in [0.25, 0.3) is 0 Å². The third kappa shape index (κ3) is 4.54. The Morgan fingerprint density at radius 2 is 1.86 bits per heavy atom. The summed E-state index contributed by atoms with van der Waals surface area (Å²) in [5, 5.41) is 0. The van der Waals surface area contributed by atoms with Crippen LogP contribution < -0.4 is 9.64 Å².